The van der Waals surface area contributed by atoms with Crippen molar-refractivity contribution in [2.24, 2.45) is 0 Å². The number of benzene rings is 1. The highest BCUT2D eigenvalue weighted by Crippen LogP contribution is 2.46. The molecule has 0 aliphatic carbocycles. The van der Waals surface area contributed by atoms with Crippen LogP contribution in [0.1, 0.15) is 19.4 Å². The number of hydrogen-bond acceptors (Lipinski definition) is 4. The molecule has 0 fully saturated rings. The van der Waals surface area contributed by atoms with Crippen LogP contribution in [0.2, 0.25) is 0 Å². The van der Waals surface area contributed by atoms with Gasteiger partial charge in [-0.15, -0.1) is 0 Å². The summed E-state index contributed by atoms with van der Waals surface area (Å²) in [5, 5.41) is 8.75. The van der Waals surface area contributed by atoms with Gasteiger partial charge in [-0.1, -0.05) is 32.0 Å². The molecule has 0 bridgehead atoms. The Hall–Kier alpha value is -1.26. The second kappa shape index (κ2) is 6.02. The molecule has 1 heterocycles. The maximum absolute atomic E-state index is 12.1. The number of carbonyl (C=O) groups excluding carboxylic acids is 1. The van der Waals surface area contributed by atoms with E-state index in [1.807, 2.05) is 19.2 Å². The third-order valence-electron chi connectivity index (χ3n) is 3.72. The Morgan fingerprint density at radius 2 is 2.10 bits per heavy atom. The molecule has 0 amide bonds. The van der Waals surface area contributed by atoms with E-state index in [2.05, 4.69) is 30.9 Å². The number of aliphatic hydroxyl groups is 1. The number of carbonyl (C=O) groups is 1. The van der Waals surface area contributed by atoms with Crippen LogP contribution in [0, 0.1) is 0 Å². The van der Waals surface area contributed by atoms with Crippen LogP contribution < -0.4 is 4.90 Å². The predicted molar refractivity (Wildman–Crippen MR) is 85.4 cm³/mol. The van der Waals surface area contributed by atoms with E-state index >= 15 is 0 Å². The SMILES string of the molecule is CN1/C(=C\C(=O)CSCCO)C(C)(C)c2ccccc21. The third kappa shape index (κ3) is 2.76. The maximum Gasteiger partial charge on any atom is 0.167 e. The van der Waals surface area contributed by atoms with Gasteiger partial charge in [-0.05, 0) is 11.6 Å². The highest BCUT2D eigenvalue weighted by molar-refractivity contribution is 7.99. The van der Waals surface area contributed by atoms with Crippen molar-refractivity contribution in [3.63, 3.8) is 0 Å². The average Bonchev–Trinajstić information content (AvgIpc) is 2.61. The quantitative estimate of drug-likeness (QED) is 0.669. The molecule has 20 heavy (non-hydrogen) atoms. The molecule has 1 aliphatic rings. The molecule has 3 nitrogen and oxygen atoms in total. The Morgan fingerprint density at radius 1 is 1.40 bits per heavy atom. The lowest BCUT2D eigenvalue weighted by molar-refractivity contribution is -0.112. The fraction of sp³-hybridized carbons (Fsp3) is 0.438. The number of aliphatic hydroxyl groups excluding tert-OH is 1. The van der Waals surface area contributed by atoms with Gasteiger partial charge in [0.05, 0.1) is 12.4 Å². The first-order valence-corrected chi connectivity index (χ1v) is 7.91. The smallest absolute Gasteiger partial charge is 0.167 e. The molecule has 1 aliphatic heterocycles. The predicted octanol–water partition coefficient (Wildman–Crippen LogP) is 2.59. The fourth-order valence-electron chi connectivity index (χ4n) is 2.69. The summed E-state index contributed by atoms with van der Waals surface area (Å²) >= 11 is 1.47. The van der Waals surface area contributed by atoms with Crippen LogP contribution in [0.25, 0.3) is 0 Å². The number of rotatable bonds is 5. The minimum Gasteiger partial charge on any atom is -0.396 e. The molecule has 0 saturated carbocycles. The van der Waals surface area contributed by atoms with Crippen LogP contribution in [-0.2, 0) is 10.2 Å². The van der Waals surface area contributed by atoms with Crippen LogP contribution in [-0.4, -0.2) is 36.1 Å². The normalized spacial score (nSPS) is 18.4. The molecule has 1 aromatic carbocycles. The van der Waals surface area contributed by atoms with Crippen molar-refractivity contribution in [1.82, 2.24) is 0 Å². The second-order valence-electron chi connectivity index (χ2n) is 5.47. The lowest BCUT2D eigenvalue weighted by Crippen LogP contribution is -2.24. The largest absolute Gasteiger partial charge is 0.396 e. The number of nitrogens with zero attached hydrogens (tertiary/aromatic N) is 1. The number of likely N-dealkylation sites (N-methyl/N-ethyl adjacent to an activating group) is 1. The summed E-state index contributed by atoms with van der Waals surface area (Å²) in [6.45, 7) is 4.41. The van der Waals surface area contributed by atoms with Crippen LogP contribution >= 0.6 is 11.8 Å². The molecule has 0 radical (unpaired) electrons. The summed E-state index contributed by atoms with van der Waals surface area (Å²) in [4.78, 5) is 14.2. The number of thioether (sulfide) groups is 1. The monoisotopic (exact) mass is 291 g/mol. The van der Waals surface area contributed by atoms with Gasteiger partial charge in [0.2, 0.25) is 0 Å². The van der Waals surface area contributed by atoms with Crippen LogP contribution in [0.4, 0.5) is 5.69 Å². The Labute approximate surface area is 124 Å². The first kappa shape index (κ1) is 15.1. The van der Waals surface area contributed by atoms with Crippen LogP contribution in [0.15, 0.2) is 36.0 Å². The minimum absolute atomic E-state index is 0.103. The Balaban J connectivity index is 2.23. The summed E-state index contributed by atoms with van der Waals surface area (Å²) in [6.07, 6.45) is 1.75. The summed E-state index contributed by atoms with van der Waals surface area (Å²) in [5.74, 6) is 1.13. The number of hydrogen-bond donors (Lipinski definition) is 1. The number of ketones is 1. The molecule has 0 unspecified atom stereocenters. The van der Waals surface area contributed by atoms with Gasteiger partial charge >= 0.3 is 0 Å². The molecule has 1 N–H and O–H groups in total. The van der Waals surface area contributed by atoms with Gasteiger partial charge in [-0.25, -0.2) is 0 Å². The Bertz CT molecular complexity index is 537. The minimum atomic E-state index is -0.150. The van der Waals surface area contributed by atoms with Gasteiger partial charge in [0.25, 0.3) is 0 Å². The Morgan fingerprint density at radius 3 is 2.75 bits per heavy atom. The number of anilines is 1. The van der Waals surface area contributed by atoms with E-state index in [0.717, 1.165) is 5.70 Å². The van der Waals surface area contributed by atoms with Gasteiger partial charge in [0.15, 0.2) is 5.78 Å². The zero-order valence-corrected chi connectivity index (χ0v) is 13.0. The van der Waals surface area contributed by atoms with Crippen molar-refractivity contribution in [2.45, 2.75) is 19.3 Å². The molecule has 2 rings (SSSR count). The van der Waals surface area contributed by atoms with Crippen molar-refractivity contribution < 1.29 is 9.90 Å². The van der Waals surface area contributed by atoms with Gasteiger partial charge < -0.3 is 10.0 Å². The number of para-hydroxylation sites is 1. The molecular formula is C16H21NO2S. The lowest BCUT2D eigenvalue weighted by Gasteiger charge is -2.23. The molecule has 0 aromatic heterocycles. The molecule has 1 aromatic rings. The first-order valence-electron chi connectivity index (χ1n) is 6.75. The van der Waals surface area contributed by atoms with E-state index in [1.54, 1.807) is 6.08 Å². The third-order valence-corrected chi connectivity index (χ3v) is 4.68. The van der Waals surface area contributed by atoms with Crippen molar-refractivity contribution in [3.05, 3.63) is 41.6 Å². The molecule has 0 spiro atoms. The number of fused-ring (bicyclic) bond motifs is 1. The van der Waals surface area contributed by atoms with Gasteiger partial charge in [0, 0.05) is 35.7 Å². The maximum atomic E-state index is 12.1. The zero-order chi connectivity index (χ0) is 14.8. The standard InChI is InChI=1S/C16H21NO2S/c1-16(2)13-6-4-5-7-14(13)17(3)15(16)10-12(19)11-20-9-8-18/h4-7,10,18H,8-9,11H2,1-3H3/b15-10-. The van der Waals surface area contributed by atoms with E-state index in [9.17, 15) is 4.79 Å². The molecular weight excluding hydrogens is 270 g/mol. The molecule has 0 saturated heterocycles. The van der Waals surface area contributed by atoms with Crippen molar-refractivity contribution in [2.75, 3.05) is 30.1 Å². The van der Waals surface area contributed by atoms with Crippen LogP contribution in [0.5, 0.6) is 0 Å². The fourth-order valence-corrected chi connectivity index (χ4v) is 3.25. The van der Waals surface area contributed by atoms with Gasteiger partial charge in [-0.2, -0.15) is 11.8 Å². The second-order valence-corrected chi connectivity index (χ2v) is 6.58. The van der Waals surface area contributed by atoms with E-state index in [1.165, 1.54) is 23.0 Å². The Kier molecular flexibility index (Phi) is 4.55. The molecule has 4 heteroatoms. The summed E-state index contributed by atoms with van der Waals surface area (Å²) in [6, 6.07) is 8.27. The van der Waals surface area contributed by atoms with E-state index < -0.39 is 0 Å². The highest BCUT2D eigenvalue weighted by Gasteiger charge is 2.38. The average molecular weight is 291 g/mol. The van der Waals surface area contributed by atoms with E-state index in [4.69, 9.17) is 5.11 Å². The van der Waals surface area contributed by atoms with Crippen molar-refractivity contribution >= 4 is 23.2 Å². The lowest BCUT2D eigenvalue weighted by atomic mass is 9.83. The summed E-state index contributed by atoms with van der Waals surface area (Å²) in [5.41, 5.74) is 3.31. The zero-order valence-electron chi connectivity index (χ0n) is 12.2. The highest BCUT2D eigenvalue weighted by atomic mass is 32.2. The molecule has 0 atom stereocenters. The van der Waals surface area contributed by atoms with Gasteiger partial charge in [0.1, 0.15) is 0 Å². The van der Waals surface area contributed by atoms with Crippen molar-refractivity contribution in [1.29, 1.82) is 0 Å². The van der Waals surface area contributed by atoms with Crippen LogP contribution in [0.3, 0.4) is 0 Å². The van der Waals surface area contributed by atoms with E-state index in [-0.39, 0.29) is 17.8 Å². The summed E-state index contributed by atoms with van der Waals surface area (Å²) in [7, 11) is 2.01. The first-order chi connectivity index (χ1) is 9.48. The molecule has 108 valence electrons. The summed E-state index contributed by atoms with van der Waals surface area (Å²) < 4.78 is 0. The van der Waals surface area contributed by atoms with Gasteiger partial charge in [-0.3, -0.25) is 4.79 Å². The number of allylic oxidation sites excluding steroid dienone is 2. The van der Waals surface area contributed by atoms with E-state index in [0.29, 0.717) is 11.5 Å². The van der Waals surface area contributed by atoms with Crippen molar-refractivity contribution in [3.8, 4) is 0 Å². The topological polar surface area (TPSA) is 40.5 Å².